The zero-order valence-electron chi connectivity index (χ0n) is 7.90. The van der Waals surface area contributed by atoms with E-state index >= 15 is 0 Å². The number of hydrogen-bond acceptors (Lipinski definition) is 5. The maximum absolute atomic E-state index is 10.9. The number of carbonyl (C=O) groups excluding carboxylic acids is 1. The van der Waals surface area contributed by atoms with Crippen molar-refractivity contribution in [1.82, 2.24) is 0 Å². The summed E-state index contributed by atoms with van der Waals surface area (Å²) < 4.78 is 4.86. The van der Waals surface area contributed by atoms with Crippen molar-refractivity contribution in [2.75, 3.05) is 18.1 Å². The monoisotopic (exact) mass is 208 g/mol. The second-order valence-electron chi connectivity index (χ2n) is 2.89. The predicted octanol–water partition coefficient (Wildman–Crippen LogP) is 0.0244. The van der Waals surface area contributed by atoms with Gasteiger partial charge in [-0.05, 0) is 13.8 Å². The summed E-state index contributed by atoms with van der Waals surface area (Å²) in [7, 11) is 0. The molecule has 0 amide bonds. The topological polar surface area (TPSA) is 66.8 Å². The van der Waals surface area contributed by atoms with Gasteiger partial charge in [0.05, 0.1) is 24.6 Å². The maximum Gasteiger partial charge on any atom is 0.316 e. The molecule has 4 nitrogen and oxygen atoms in total. The number of hydrogen-bond donors (Lipinski definition) is 2. The van der Waals surface area contributed by atoms with Gasteiger partial charge < -0.3 is 14.9 Å². The Balaban J connectivity index is 3.37. The summed E-state index contributed by atoms with van der Waals surface area (Å²) in [5, 5.41) is 17.4. The molecule has 1 unspecified atom stereocenters. The highest BCUT2D eigenvalue weighted by Crippen LogP contribution is 2.04. The first-order valence-electron chi connectivity index (χ1n) is 4.12. The van der Waals surface area contributed by atoms with Crippen LogP contribution in [-0.2, 0) is 9.53 Å². The van der Waals surface area contributed by atoms with Gasteiger partial charge in [-0.2, -0.15) is 0 Å². The van der Waals surface area contributed by atoms with Crippen molar-refractivity contribution in [1.29, 1.82) is 0 Å². The molecule has 0 saturated heterocycles. The Morgan fingerprint density at radius 1 is 1.54 bits per heavy atom. The van der Waals surface area contributed by atoms with Gasteiger partial charge in [-0.25, -0.2) is 0 Å². The van der Waals surface area contributed by atoms with E-state index in [4.69, 9.17) is 14.9 Å². The largest absolute Gasteiger partial charge is 0.462 e. The Hall–Kier alpha value is -0.260. The van der Waals surface area contributed by atoms with Gasteiger partial charge >= 0.3 is 5.97 Å². The minimum atomic E-state index is -0.753. The van der Waals surface area contributed by atoms with Crippen LogP contribution in [0.15, 0.2) is 0 Å². The first-order valence-corrected chi connectivity index (χ1v) is 5.28. The zero-order chi connectivity index (χ0) is 10.3. The van der Waals surface area contributed by atoms with Crippen LogP contribution >= 0.6 is 11.8 Å². The lowest BCUT2D eigenvalue weighted by Crippen LogP contribution is -2.18. The van der Waals surface area contributed by atoms with E-state index in [0.717, 1.165) is 0 Å². The fourth-order valence-corrected chi connectivity index (χ4v) is 1.36. The van der Waals surface area contributed by atoms with Crippen LogP contribution in [0, 0.1) is 0 Å². The van der Waals surface area contributed by atoms with Crippen molar-refractivity contribution in [2.45, 2.75) is 26.1 Å². The molecule has 0 aromatic heterocycles. The third-order valence-corrected chi connectivity index (χ3v) is 2.17. The molecule has 0 fully saturated rings. The lowest BCUT2D eigenvalue weighted by atomic mass is 10.4. The van der Waals surface area contributed by atoms with Gasteiger partial charge in [0.1, 0.15) is 0 Å². The number of carbonyl (C=O) groups is 1. The summed E-state index contributed by atoms with van der Waals surface area (Å²) in [6.45, 7) is 3.29. The van der Waals surface area contributed by atoms with Crippen molar-refractivity contribution in [3.8, 4) is 0 Å². The molecule has 0 aliphatic carbocycles. The van der Waals surface area contributed by atoms with Crippen LogP contribution in [0.5, 0.6) is 0 Å². The van der Waals surface area contributed by atoms with Crippen molar-refractivity contribution < 1.29 is 19.7 Å². The van der Waals surface area contributed by atoms with Gasteiger partial charge in [-0.1, -0.05) is 0 Å². The van der Waals surface area contributed by atoms with Gasteiger partial charge in [-0.15, -0.1) is 11.8 Å². The number of aliphatic hydroxyl groups is 2. The summed E-state index contributed by atoms with van der Waals surface area (Å²) in [4.78, 5) is 10.9. The van der Waals surface area contributed by atoms with E-state index in [9.17, 15) is 4.79 Å². The van der Waals surface area contributed by atoms with Crippen LogP contribution in [0.3, 0.4) is 0 Å². The molecule has 0 aliphatic heterocycles. The maximum atomic E-state index is 10.9. The first-order chi connectivity index (χ1) is 6.06. The third kappa shape index (κ3) is 8.08. The van der Waals surface area contributed by atoms with Crippen LogP contribution < -0.4 is 0 Å². The highest BCUT2D eigenvalue weighted by Gasteiger charge is 2.07. The quantitative estimate of drug-likeness (QED) is 0.603. The first kappa shape index (κ1) is 12.7. The van der Waals surface area contributed by atoms with E-state index in [-0.39, 0.29) is 24.4 Å². The molecule has 0 rings (SSSR count). The standard InChI is InChI=1S/C8H16O4S/c1-6(2)12-8(11)5-13-4-7(10)3-9/h6-7,9-10H,3-5H2,1-2H3. The molecular weight excluding hydrogens is 192 g/mol. The van der Waals surface area contributed by atoms with Crippen LogP contribution in [0.4, 0.5) is 0 Å². The Labute approximate surface area is 82.3 Å². The second kappa shape index (κ2) is 7.17. The Kier molecular flexibility index (Phi) is 7.03. The van der Waals surface area contributed by atoms with Crippen LogP contribution in [-0.4, -0.2) is 46.5 Å². The lowest BCUT2D eigenvalue weighted by molar-refractivity contribution is -0.144. The molecule has 0 radical (unpaired) electrons. The molecule has 0 spiro atoms. The smallest absolute Gasteiger partial charge is 0.316 e. The van der Waals surface area contributed by atoms with Crippen LogP contribution in [0.2, 0.25) is 0 Å². The average molecular weight is 208 g/mol. The zero-order valence-corrected chi connectivity index (χ0v) is 8.71. The minimum Gasteiger partial charge on any atom is -0.462 e. The highest BCUT2D eigenvalue weighted by atomic mass is 32.2. The van der Waals surface area contributed by atoms with E-state index in [2.05, 4.69) is 0 Å². The SMILES string of the molecule is CC(C)OC(=O)CSCC(O)CO. The molecule has 0 saturated carbocycles. The van der Waals surface area contributed by atoms with E-state index in [1.807, 2.05) is 0 Å². The molecule has 0 aromatic carbocycles. The summed E-state index contributed by atoms with van der Waals surface area (Å²) >= 11 is 1.25. The van der Waals surface area contributed by atoms with Crippen molar-refractivity contribution in [2.24, 2.45) is 0 Å². The lowest BCUT2D eigenvalue weighted by Gasteiger charge is -2.08. The van der Waals surface area contributed by atoms with Crippen molar-refractivity contribution in [3.63, 3.8) is 0 Å². The van der Waals surface area contributed by atoms with Gasteiger partial charge in [0.15, 0.2) is 0 Å². The van der Waals surface area contributed by atoms with Gasteiger partial charge in [0.2, 0.25) is 0 Å². The summed E-state index contributed by atoms with van der Waals surface area (Å²) in [5.74, 6) is 0.281. The molecule has 2 N–H and O–H groups in total. The predicted molar refractivity (Wildman–Crippen MR) is 51.6 cm³/mol. The summed E-state index contributed by atoms with van der Waals surface area (Å²) in [5.41, 5.74) is 0. The number of thioether (sulfide) groups is 1. The van der Waals surface area contributed by atoms with Gasteiger partial charge in [-0.3, -0.25) is 4.79 Å². The molecule has 78 valence electrons. The molecule has 0 aliphatic rings. The molecule has 13 heavy (non-hydrogen) atoms. The number of rotatable bonds is 6. The fraction of sp³-hybridized carbons (Fsp3) is 0.875. The van der Waals surface area contributed by atoms with Crippen molar-refractivity contribution >= 4 is 17.7 Å². The summed E-state index contributed by atoms with van der Waals surface area (Å²) in [6.07, 6.45) is -0.854. The minimum absolute atomic E-state index is 0.101. The van der Waals surface area contributed by atoms with Gasteiger partial charge in [0.25, 0.3) is 0 Å². The van der Waals surface area contributed by atoms with Gasteiger partial charge in [0, 0.05) is 5.75 Å². The Morgan fingerprint density at radius 3 is 2.62 bits per heavy atom. The number of esters is 1. The molecule has 1 atom stereocenters. The highest BCUT2D eigenvalue weighted by molar-refractivity contribution is 7.99. The van der Waals surface area contributed by atoms with E-state index in [1.54, 1.807) is 13.8 Å². The third-order valence-electron chi connectivity index (χ3n) is 1.11. The average Bonchev–Trinajstić information content (AvgIpc) is 2.02. The molecule has 0 bridgehead atoms. The summed E-state index contributed by atoms with van der Waals surface area (Å²) in [6, 6.07) is 0. The molecule has 0 aromatic rings. The Bertz CT molecular complexity index is 149. The number of ether oxygens (including phenoxy) is 1. The van der Waals surface area contributed by atoms with Crippen molar-refractivity contribution in [3.05, 3.63) is 0 Å². The normalized spacial score (nSPS) is 13.0. The molecule has 5 heteroatoms. The van der Waals surface area contributed by atoms with E-state index in [1.165, 1.54) is 11.8 Å². The fourth-order valence-electron chi connectivity index (χ4n) is 0.628. The van der Waals surface area contributed by atoms with Crippen LogP contribution in [0.25, 0.3) is 0 Å². The van der Waals surface area contributed by atoms with E-state index < -0.39 is 6.10 Å². The van der Waals surface area contributed by atoms with E-state index in [0.29, 0.717) is 5.75 Å². The molecule has 0 heterocycles. The second-order valence-corrected chi connectivity index (χ2v) is 3.92. The number of aliphatic hydroxyl groups excluding tert-OH is 2. The molecular formula is C8H16O4S. The van der Waals surface area contributed by atoms with Crippen LogP contribution in [0.1, 0.15) is 13.8 Å². The Morgan fingerprint density at radius 2 is 2.15 bits per heavy atom.